The average Bonchev–Trinajstić information content (AvgIpc) is 2.39. The Hall–Kier alpha value is -0.930. The molecule has 1 aliphatic rings. The summed E-state index contributed by atoms with van der Waals surface area (Å²) in [6.45, 7) is 6.70. The quantitative estimate of drug-likeness (QED) is 0.858. The van der Waals surface area contributed by atoms with Crippen LogP contribution in [0.15, 0.2) is 24.5 Å². The fourth-order valence-electron chi connectivity index (χ4n) is 2.57. The molecular weight excluding hydrogens is 210 g/mol. The molecule has 1 saturated heterocycles. The Kier molecular flexibility index (Phi) is 4.51. The van der Waals surface area contributed by atoms with Gasteiger partial charge in [0.2, 0.25) is 0 Å². The molecule has 2 heterocycles. The third-order valence-corrected chi connectivity index (χ3v) is 3.97. The van der Waals surface area contributed by atoms with Gasteiger partial charge in [0, 0.05) is 25.5 Å². The van der Waals surface area contributed by atoms with Gasteiger partial charge in [0.1, 0.15) is 0 Å². The van der Waals surface area contributed by atoms with Crippen molar-refractivity contribution in [3.8, 4) is 0 Å². The van der Waals surface area contributed by atoms with Gasteiger partial charge >= 0.3 is 0 Å². The fraction of sp³-hybridized carbons (Fsp3) is 0.643. The number of hydrogen-bond donors (Lipinski definition) is 1. The predicted molar refractivity (Wildman–Crippen MR) is 70.7 cm³/mol. The molecule has 0 spiro atoms. The Labute approximate surface area is 104 Å². The van der Waals surface area contributed by atoms with Crippen molar-refractivity contribution in [3.63, 3.8) is 0 Å². The van der Waals surface area contributed by atoms with Crippen molar-refractivity contribution in [2.24, 2.45) is 17.6 Å². The van der Waals surface area contributed by atoms with Gasteiger partial charge in [0.25, 0.3) is 0 Å². The van der Waals surface area contributed by atoms with Crippen LogP contribution in [-0.4, -0.2) is 36.1 Å². The molecule has 2 atom stereocenters. The van der Waals surface area contributed by atoms with Gasteiger partial charge in [-0.1, -0.05) is 6.92 Å². The van der Waals surface area contributed by atoms with Gasteiger partial charge in [-0.2, -0.15) is 0 Å². The zero-order valence-electron chi connectivity index (χ0n) is 10.7. The van der Waals surface area contributed by atoms with Gasteiger partial charge in [-0.05, 0) is 55.5 Å². The van der Waals surface area contributed by atoms with Gasteiger partial charge in [-0.3, -0.25) is 4.98 Å². The van der Waals surface area contributed by atoms with Crippen LogP contribution >= 0.6 is 0 Å². The van der Waals surface area contributed by atoms with Crippen molar-refractivity contribution in [2.45, 2.75) is 19.8 Å². The third-order valence-electron chi connectivity index (χ3n) is 3.97. The second-order valence-corrected chi connectivity index (χ2v) is 5.17. The van der Waals surface area contributed by atoms with Crippen LogP contribution in [0.4, 0.5) is 0 Å². The minimum atomic E-state index is 0.682. The fourth-order valence-corrected chi connectivity index (χ4v) is 2.57. The second-order valence-electron chi connectivity index (χ2n) is 5.17. The summed E-state index contributed by atoms with van der Waals surface area (Å²) in [5.41, 5.74) is 7.21. The van der Waals surface area contributed by atoms with E-state index in [0.717, 1.165) is 25.4 Å². The maximum atomic E-state index is 5.83. The topological polar surface area (TPSA) is 42.2 Å². The van der Waals surface area contributed by atoms with E-state index < -0.39 is 0 Å². The lowest BCUT2D eigenvalue weighted by Crippen LogP contribution is -2.43. The van der Waals surface area contributed by atoms with E-state index in [1.807, 2.05) is 12.4 Å². The van der Waals surface area contributed by atoms with E-state index in [0.29, 0.717) is 5.92 Å². The van der Waals surface area contributed by atoms with Gasteiger partial charge < -0.3 is 10.6 Å². The molecule has 0 amide bonds. The first-order valence-electron chi connectivity index (χ1n) is 6.61. The maximum absolute atomic E-state index is 5.83. The highest BCUT2D eigenvalue weighted by Crippen LogP contribution is 2.22. The zero-order valence-corrected chi connectivity index (χ0v) is 10.7. The van der Waals surface area contributed by atoms with Gasteiger partial charge in [-0.15, -0.1) is 0 Å². The van der Waals surface area contributed by atoms with E-state index in [9.17, 15) is 0 Å². The first-order valence-corrected chi connectivity index (χ1v) is 6.61. The van der Waals surface area contributed by atoms with Crippen molar-refractivity contribution >= 4 is 0 Å². The first kappa shape index (κ1) is 12.5. The molecule has 0 aromatic carbocycles. The minimum absolute atomic E-state index is 0.682. The molecular formula is C14H23N3. The number of nitrogens with two attached hydrogens (primary N) is 1. The maximum Gasteiger partial charge on any atom is 0.0270 e. The molecule has 1 fully saturated rings. The molecule has 0 aliphatic carbocycles. The molecule has 2 rings (SSSR count). The van der Waals surface area contributed by atoms with Crippen LogP contribution in [0, 0.1) is 11.8 Å². The molecule has 1 aliphatic heterocycles. The summed E-state index contributed by atoms with van der Waals surface area (Å²) in [7, 11) is 0. The van der Waals surface area contributed by atoms with Gasteiger partial charge in [0.05, 0.1) is 0 Å². The van der Waals surface area contributed by atoms with E-state index in [4.69, 9.17) is 5.73 Å². The largest absolute Gasteiger partial charge is 0.330 e. The minimum Gasteiger partial charge on any atom is -0.330 e. The van der Waals surface area contributed by atoms with E-state index >= 15 is 0 Å². The summed E-state index contributed by atoms with van der Waals surface area (Å²) < 4.78 is 0. The Bertz CT molecular complexity index is 325. The number of piperidine rings is 1. The SMILES string of the molecule is CC1CCN(CCc2ccncc2)CC1CN. The Balaban J connectivity index is 1.80. The summed E-state index contributed by atoms with van der Waals surface area (Å²) >= 11 is 0. The Morgan fingerprint density at radius 1 is 1.41 bits per heavy atom. The number of rotatable bonds is 4. The van der Waals surface area contributed by atoms with Crippen LogP contribution < -0.4 is 5.73 Å². The highest BCUT2D eigenvalue weighted by atomic mass is 15.1. The molecule has 2 N–H and O–H groups in total. The molecule has 0 radical (unpaired) electrons. The van der Waals surface area contributed by atoms with E-state index in [1.54, 1.807) is 0 Å². The molecule has 1 aromatic rings. The highest BCUT2D eigenvalue weighted by molar-refractivity contribution is 5.09. The number of nitrogens with zero attached hydrogens (tertiary/aromatic N) is 2. The van der Waals surface area contributed by atoms with Crippen molar-refractivity contribution < 1.29 is 0 Å². The lowest BCUT2D eigenvalue weighted by atomic mass is 9.87. The predicted octanol–water partition coefficient (Wildman–Crippen LogP) is 1.54. The molecule has 2 unspecified atom stereocenters. The number of likely N-dealkylation sites (tertiary alicyclic amines) is 1. The lowest BCUT2D eigenvalue weighted by molar-refractivity contribution is 0.133. The monoisotopic (exact) mass is 233 g/mol. The molecule has 0 saturated carbocycles. The van der Waals surface area contributed by atoms with Gasteiger partial charge in [0.15, 0.2) is 0 Å². The van der Waals surface area contributed by atoms with Crippen LogP contribution in [0.1, 0.15) is 18.9 Å². The Morgan fingerprint density at radius 2 is 2.18 bits per heavy atom. The summed E-state index contributed by atoms with van der Waals surface area (Å²) in [4.78, 5) is 6.60. The van der Waals surface area contributed by atoms with Gasteiger partial charge in [-0.25, -0.2) is 0 Å². The molecule has 3 nitrogen and oxygen atoms in total. The summed E-state index contributed by atoms with van der Waals surface area (Å²) in [6, 6.07) is 4.21. The van der Waals surface area contributed by atoms with E-state index in [1.165, 1.54) is 25.1 Å². The first-order chi connectivity index (χ1) is 8.29. The molecule has 1 aromatic heterocycles. The number of pyridine rings is 1. The summed E-state index contributed by atoms with van der Waals surface area (Å²) in [5, 5.41) is 0. The Morgan fingerprint density at radius 3 is 2.88 bits per heavy atom. The summed E-state index contributed by atoms with van der Waals surface area (Å²) in [6.07, 6.45) is 6.15. The zero-order chi connectivity index (χ0) is 12.1. The molecule has 3 heteroatoms. The van der Waals surface area contributed by atoms with Crippen LogP contribution in [-0.2, 0) is 6.42 Å². The highest BCUT2D eigenvalue weighted by Gasteiger charge is 2.24. The van der Waals surface area contributed by atoms with Crippen molar-refractivity contribution in [1.29, 1.82) is 0 Å². The van der Waals surface area contributed by atoms with E-state index in [2.05, 4.69) is 28.9 Å². The number of aromatic nitrogens is 1. The molecule has 17 heavy (non-hydrogen) atoms. The normalized spacial score (nSPS) is 26.0. The molecule has 0 bridgehead atoms. The third kappa shape index (κ3) is 3.51. The van der Waals surface area contributed by atoms with Crippen molar-refractivity contribution in [3.05, 3.63) is 30.1 Å². The second kappa shape index (κ2) is 6.12. The lowest BCUT2D eigenvalue weighted by Gasteiger charge is -2.36. The van der Waals surface area contributed by atoms with Crippen LogP contribution in [0.25, 0.3) is 0 Å². The van der Waals surface area contributed by atoms with Crippen LogP contribution in [0.2, 0.25) is 0 Å². The van der Waals surface area contributed by atoms with Crippen LogP contribution in [0.3, 0.4) is 0 Å². The number of hydrogen-bond acceptors (Lipinski definition) is 3. The average molecular weight is 233 g/mol. The van der Waals surface area contributed by atoms with E-state index in [-0.39, 0.29) is 0 Å². The summed E-state index contributed by atoms with van der Waals surface area (Å²) in [5.74, 6) is 1.47. The molecule has 94 valence electrons. The van der Waals surface area contributed by atoms with Crippen LogP contribution in [0.5, 0.6) is 0 Å². The van der Waals surface area contributed by atoms with Crippen molar-refractivity contribution in [1.82, 2.24) is 9.88 Å². The van der Waals surface area contributed by atoms with Crippen molar-refractivity contribution in [2.75, 3.05) is 26.2 Å². The smallest absolute Gasteiger partial charge is 0.0270 e. The standard InChI is InChI=1S/C14H23N3/c1-12-4-8-17(11-14(12)10-15)9-5-13-2-6-16-7-3-13/h2-3,6-7,12,14H,4-5,8-11,15H2,1H3.